The minimum absolute atomic E-state index is 0.204. The van der Waals surface area contributed by atoms with E-state index in [9.17, 15) is 0 Å². The molecule has 1 aromatic rings. The summed E-state index contributed by atoms with van der Waals surface area (Å²) in [5.41, 5.74) is 1.56. The van der Waals surface area contributed by atoms with Gasteiger partial charge in [-0.2, -0.15) is 0 Å². The first-order chi connectivity index (χ1) is 10.5. The Morgan fingerprint density at radius 3 is 1.86 bits per heavy atom. The Hall–Kier alpha value is -1.02. The molecule has 0 radical (unpaired) electrons. The van der Waals surface area contributed by atoms with Crippen molar-refractivity contribution >= 4 is 0 Å². The molecule has 0 heterocycles. The first-order valence-electron chi connectivity index (χ1n) is 8.93. The van der Waals surface area contributed by atoms with Crippen LogP contribution in [-0.4, -0.2) is 31.1 Å². The third-order valence-electron chi connectivity index (χ3n) is 4.05. The Labute approximate surface area is 137 Å². The van der Waals surface area contributed by atoms with E-state index in [1.807, 2.05) is 0 Å². The van der Waals surface area contributed by atoms with Gasteiger partial charge < -0.3 is 4.74 Å². The lowest BCUT2D eigenvalue weighted by molar-refractivity contribution is 0.204. The second-order valence-electron chi connectivity index (χ2n) is 7.17. The van der Waals surface area contributed by atoms with Crippen LogP contribution in [-0.2, 0) is 5.41 Å². The number of rotatable bonds is 10. The second kappa shape index (κ2) is 9.89. The topological polar surface area (TPSA) is 12.5 Å². The van der Waals surface area contributed by atoms with Crippen molar-refractivity contribution in [2.75, 3.05) is 26.2 Å². The Balaban J connectivity index is 2.40. The van der Waals surface area contributed by atoms with E-state index >= 15 is 0 Å². The second-order valence-corrected chi connectivity index (χ2v) is 7.17. The molecule has 126 valence electrons. The molecule has 0 unspecified atom stereocenters. The van der Waals surface area contributed by atoms with Crippen molar-refractivity contribution in [3.63, 3.8) is 0 Å². The zero-order valence-electron chi connectivity index (χ0n) is 15.3. The fourth-order valence-corrected chi connectivity index (χ4v) is 2.44. The molecule has 0 aliphatic heterocycles. The number of unbranched alkanes of at least 4 members (excludes halogenated alkanes) is 2. The summed E-state index contributed by atoms with van der Waals surface area (Å²) in [6.07, 6.45) is 5.09. The minimum atomic E-state index is 0.204. The predicted molar refractivity (Wildman–Crippen MR) is 96.9 cm³/mol. The molecule has 0 N–H and O–H groups in total. The third-order valence-corrected chi connectivity index (χ3v) is 4.05. The molecule has 0 aromatic heterocycles. The van der Waals surface area contributed by atoms with Crippen LogP contribution in [0.5, 0.6) is 5.75 Å². The van der Waals surface area contributed by atoms with E-state index < -0.39 is 0 Å². The van der Waals surface area contributed by atoms with Crippen molar-refractivity contribution in [2.24, 2.45) is 0 Å². The quantitative estimate of drug-likeness (QED) is 0.584. The van der Waals surface area contributed by atoms with Crippen LogP contribution in [0.2, 0.25) is 0 Å². The molecule has 2 nitrogen and oxygen atoms in total. The van der Waals surface area contributed by atoms with Crippen LogP contribution in [0.4, 0.5) is 0 Å². The smallest absolute Gasteiger partial charge is 0.119 e. The lowest BCUT2D eigenvalue weighted by Gasteiger charge is -2.22. The zero-order valence-corrected chi connectivity index (χ0v) is 15.3. The summed E-state index contributed by atoms with van der Waals surface area (Å²) in [6, 6.07) is 8.56. The van der Waals surface area contributed by atoms with Gasteiger partial charge in [0.15, 0.2) is 0 Å². The van der Waals surface area contributed by atoms with E-state index in [0.29, 0.717) is 0 Å². The lowest BCUT2D eigenvalue weighted by Crippen LogP contribution is -2.30. The number of hydrogen-bond donors (Lipinski definition) is 0. The van der Waals surface area contributed by atoms with Gasteiger partial charge in [-0.1, -0.05) is 59.6 Å². The molecule has 1 rings (SSSR count). The number of nitrogens with zero attached hydrogens (tertiary/aromatic N) is 1. The van der Waals surface area contributed by atoms with E-state index in [4.69, 9.17) is 4.74 Å². The van der Waals surface area contributed by atoms with Gasteiger partial charge in [0.2, 0.25) is 0 Å². The monoisotopic (exact) mass is 305 g/mol. The summed E-state index contributed by atoms with van der Waals surface area (Å²) in [4.78, 5) is 2.54. The molecule has 0 amide bonds. The van der Waals surface area contributed by atoms with Crippen LogP contribution >= 0.6 is 0 Å². The molecule has 0 saturated heterocycles. The SMILES string of the molecule is CCCCN(CCCC)CCOc1ccc(C(C)(C)C)cc1. The van der Waals surface area contributed by atoms with Crippen molar-refractivity contribution in [3.8, 4) is 5.75 Å². The lowest BCUT2D eigenvalue weighted by atomic mass is 9.87. The van der Waals surface area contributed by atoms with Gasteiger partial charge in [-0.25, -0.2) is 0 Å². The summed E-state index contributed by atoms with van der Waals surface area (Å²) in [5, 5.41) is 0. The van der Waals surface area contributed by atoms with E-state index in [2.05, 4.69) is 63.8 Å². The Bertz CT molecular complexity index is 383. The molecule has 2 heteroatoms. The molecule has 0 atom stereocenters. The molecule has 1 aromatic carbocycles. The van der Waals surface area contributed by atoms with Gasteiger partial charge in [0.1, 0.15) is 12.4 Å². The van der Waals surface area contributed by atoms with Gasteiger partial charge in [-0.15, -0.1) is 0 Å². The van der Waals surface area contributed by atoms with Crippen LogP contribution in [0.3, 0.4) is 0 Å². The zero-order chi connectivity index (χ0) is 16.4. The maximum atomic E-state index is 5.92. The van der Waals surface area contributed by atoms with Crippen molar-refractivity contribution in [1.29, 1.82) is 0 Å². The molecule has 0 saturated carbocycles. The van der Waals surface area contributed by atoms with Crippen molar-refractivity contribution in [1.82, 2.24) is 4.90 Å². The van der Waals surface area contributed by atoms with Gasteiger partial charge in [0.05, 0.1) is 0 Å². The average molecular weight is 306 g/mol. The van der Waals surface area contributed by atoms with E-state index in [0.717, 1.165) is 18.9 Å². The predicted octanol–water partition coefficient (Wildman–Crippen LogP) is 5.27. The Morgan fingerprint density at radius 1 is 0.864 bits per heavy atom. The number of hydrogen-bond acceptors (Lipinski definition) is 2. The molecule has 0 aliphatic rings. The van der Waals surface area contributed by atoms with Crippen molar-refractivity contribution in [3.05, 3.63) is 29.8 Å². The molecular weight excluding hydrogens is 270 g/mol. The fourth-order valence-electron chi connectivity index (χ4n) is 2.44. The van der Waals surface area contributed by atoms with Crippen LogP contribution in [0.15, 0.2) is 24.3 Å². The first kappa shape index (κ1) is 19.0. The van der Waals surface area contributed by atoms with Gasteiger partial charge in [0.25, 0.3) is 0 Å². The summed E-state index contributed by atoms with van der Waals surface area (Å²) in [6.45, 7) is 15.4. The summed E-state index contributed by atoms with van der Waals surface area (Å²) < 4.78 is 5.92. The fraction of sp³-hybridized carbons (Fsp3) is 0.700. The minimum Gasteiger partial charge on any atom is -0.492 e. The third kappa shape index (κ3) is 7.31. The highest BCUT2D eigenvalue weighted by Crippen LogP contribution is 2.24. The largest absolute Gasteiger partial charge is 0.492 e. The normalized spacial score (nSPS) is 11.9. The Kier molecular flexibility index (Phi) is 8.55. The summed E-state index contributed by atoms with van der Waals surface area (Å²) >= 11 is 0. The molecule has 0 fully saturated rings. The van der Waals surface area contributed by atoms with E-state index in [1.165, 1.54) is 44.3 Å². The van der Waals surface area contributed by atoms with E-state index in [1.54, 1.807) is 0 Å². The molecule has 0 aliphatic carbocycles. The van der Waals surface area contributed by atoms with Crippen molar-refractivity contribution in [2.45, 2.75) is 65.7 Å². The van der Waals surface area contributed by atoms with Crippen molar-refractivity contribution < 1.29 is 4.74 Å². The van der Waals surface area contributed by atoms with Crippen LogP contribution in [0, 0.1) is 0 Å². The highest BCUT2D eigenvalue weighted by molar-refractivity contribution is 5.31. The average Bonchev–Trinajstić information content (AvgIpc) is 2.49. The van der Waals surface area contributed by atoms with Gasteiger partial charge >= 0.3 is 0 Å². The van der Waals surface area contributed by atoms with Crippen LogP contribution in [0.25, 0.3) is 0 Å². The molecule has 22 heavy (non-hydrogen) atoms. The number of ether oxygens (including phenoxy) is 1. The number of benzene rings is 1. The molecular formula is C20H35NO. The Morgan fingerprint density at radius 2 is 1.41 bits per heavy atom. The van der Waals surface area contributed by atoms with Crippen LogP contribution in [0.1, 0.15) is 65.9 Å². The van der Waals surface area contributed by atoms with Gasteiger partial charge in [0, 0.05) is 6.54 Å². The molecule has 0 spiro atoms. The molecule has 0 bridgehead atoms. The standard InChI is InChI=1S/C20H35NO/c1-6-8-14-21(15-9-7-2)16-17-22-19-12-10-18(11-13-19)20(3,4)5/h10-13H,6-9,14-17H2,1-5H3. The first-order valence-corrected chi connectivity index (χ1v) is 8.93. The summed E-state index contributed by atoms with van der Waals surface area (Å²) in [5.74, 6) is 0.985. The van der Waals surface area contributed by atoms with E-state index in [-0.39, 0.29) is 5.41 Å². The van der Waals surface area contributed by atoms with Gasteiger partial charge in [-0.3, -0.25) is 4.90 Å². The maximum absolute atomic E-state index is 5.92. The van der Waals surface area contributed by atoms with Crippen LogP contribution < -0.4 is 4.74 Å². The maximum Gasteiger partial charge on any atom is 0.119 e. The summed E-state index contributed by atoms with van der Waals surface area (Å²) in [7, 11) is 0. The highest BCUT2D eigenvalue weighted by atomic mass is 16.5. The highest BCUT2D eigenvalue weighted by Gasteiger charge is 2.13. The van der Waals surface area contributed by atoms with Gasteiger partial charge in [-0.05, 0) is 49.0 Å².